The second-order valence-electron chi connectivity index (χ2n) is 19.5. The SMILES string of the molecule is COC(=O)N[C@@H]1CC[C@@H](n2c(=O)n(C)c3cnc4[nH]c(-c5ccc(C(=O)N6CCC(C(=O)Nc7ccc8c(c7)CN(C7CCC(=O)NC7=O)C8=O)CC6)cc5)c(-c5ccc6c(cnn6C(C)C)c5)c4c32)C1. The van der Waals surface area contributed by atoms with E-state index in [1.807, 2.05) is 39.7 Å². The summed E-state index contributed by atoms with van der Waals surface area (Å²) in [6.45, 7) is 5.16. The molecule has 6 amide bonds. The predicted octanol–water partition coefficient (Wildman–Crippen LogP) is 6.18. The maximum Gasteiger partial charge on any atom is 0.407 e. The third-order valence-electron chi connectivity index (χ3n) is 14.9. The molecule has 0 radical (unpaired) electrons. The lowest BCUT2D eigenvalue weighted by molar-refractivity contribution is -0.137. The van der Waals surface area contributed by atoms with Crippen LogP contribution in [0.5, 0.6) is 0 Å². The zero-order valence-corrected chi connectivity index (χ0v) is 39.8. The first-order chi connectivity index (χ1) is 34.3. The van der Waals surface area contributed by atoms with E-state index in [9.17, 15) is 33.6 Å². The van der Waals surface area contributed by atoms with Crippen molar-refractivity contribution in [2.24, 2.45) is 13.0 Å². The van der Waals surface area contributed by atoms with E-state index in [2.05, 4.69) is 58.1 Å². The van der Waals surface area contributed by atoms with Crippen molar-refractivity contribution < 1.29 is 33.5 Å². The first-order valence-electron chi connectivity index (χ1n) is 24.2. The van der Waals surface area contributed by atoms with Gasteiger partial charge in [-0.25, -0.2) is 14.6 Å². The third-order valence-corrected chi connectivity index (χ3v) is 14.9. The number of nitrogens with one attached hydrogen (secondary N) is 4. The minimum atomic E-state index is -0.726. The lowest BCUT2D eigenvalue weighted by Crippen LogP contribution is -2.52. The first-order valence-corrected chi connectivity index (χ1v) is 24.2. The van der Waals surface area contributed by atoms with Crippen LogP contribution in [0.3, 0.4) is 0 Å². The minimum absolute atomic E-state index is 0.142. The number of aromatic amines is 1. The van der Waals surface area contributed by atoms with Gasteiger partial charge in [-0.2, -0.15) is 5.10 Å². The fourth-order valence-corrected chi connectivity index (χ4v) is 11.2. The highest BCUT2D eigenvalue weighted by molar-refractivity contribution is 6.15. The van der Waals surface area contributed by atoms with E-state index in [-0.39, 0.29) is 72.7 Å². The molecule has 364 valence electrons. The number of nitrogens with zero attached hydrogens (tertiary/aromatic N) is 7. The van der Waals surface area contributed by atoms with Crippen LogP contribution in [0.4, 0.5) is 10.5 Å². The van der Waals surface area contributed by atoms with Gasteiger partial charge in [0.25, 0.3) is 11.8 Å². The number of aromatic nitrogens is 6. The molecule has 11 rings (SSSR count). The molecule has 7 heterocycles. The summed E-state index contributed by atoms with van der Waals surface area (Å²) < 4.78 is 10.4. The fourth-order valence-electron chi connectivity index (χ4n) is 11.2. The van der Waals surface area contributed by atoms with Gasteiger partial charge in [-0.05, 0) is 112 Å². The summed E-state index contributed by atoms with van der Waals surface area (Å²) in [5, 5.41) is 14.6. The Morgan fingerprint density at radius 3 is 2.39 bits per heavy atom. The molecule has 3 aromatic carbocycles. The van der Waals surface area contributed by atoms with E-state index in [1.165, 1.54) is 12.0 Å². The molecule has 3 atom stereocenters. The summed E-state index contributed by atoms with van der Waals surface area (Å²) in [7, 11) is 3.09. The average molecular weight is 960 g/mol. The van der Waals surface area contributed by atoms with Gasteiger partial charge in [-0.1, -0.05) is 18.2 Å². The molecule has 0 bridgehead atoms. The van der Waals surface area contributed by atoms with E-state index in [0.29, 0.717) is 78.7 Å². The number of aryl methyl sites for hydroxylation is 1. The maximum atomic E-state index is 14.2. The van der Waals surface area contributed by atoms with Gasteiger partial charge in [0.2, 0.25) is 17.7 Å². The Balaban J connectivity index is 0.839. The molecule has 1 unspecified atom stereocenters. The van der Waals surface area contributed by atoms with Crippen LogP contribution >= 0.6 is 0 Å². The van der Waals surface area contributed by atoms with Gasteiger partial charge in [0.1, 0.15) is 11.7 Å². The number of anilines is 1. The van der Waals surface area contributed by atoms with Crippen molar-refractivity contribution >= 4 is 74.3 Å². The maximum absolute atomic E-state index is 14.2. The van der Waals surface area contributed by atoms with Crippen molar-refractivity contribution in [3.05, 3.63) is 100 Å². The molecule has 19 nitrogen and oxygen atoms in total. The number of imide groups is 1. The molecule has 1 saturated carbocycles. The van der Waals surface area contributed by atoms with Gasteiger partial charge in [0, 0.05) is 84.9 Å². The van der Waals surface area contributed by atoms with Crippen LogP contribution < -0.4 is 21.6 Å². The first kappa shape index (κ1) is 45.4. The number of piperidine rings is 2. The number of pyridine rings is 1. The fraction of sp³-hybridized carbons (Fsp3) is 0.365. The Morgan fingerprint density at radius 1 is 0.873 bits per heavy atom. The summed E-state index contributed by atoms with van der Waals surface area (Å²) >= 11 is 0. The minimum Gasteiger partial charge on any atom is -0.453 e. The van der Waals surface area contributed by atoms with Crippen LogP contribution in [0, 0.1) is 5.92 Å². The lowest BCUT2D eigenvalue weighted by atomic mass is 9.94. The summed E-state index contributed by atoms with van der Waals surface area (Å²) in [4.78, 5) is 103. The number of fused-ring (bicyclic) bond motifs is 5. The monoisotopic (exact) mass is 959 g/mol. The molecule has 7 aromatic rings. The number of amides is 6. The third kappa shape index (κ3) is 7.88. The van der Waals surface area contributed by atoms with E-state index < -0.39 is 18.0 Å². The predicted molar refractivity (Wildman–Crippen MR) is 263 cm³/mol. The van der Waals surface area contributed by atoms with E-state index >= 15 is 0 Å². The number of imidazole rings is 1. The van der Waals surface area contributed by atoms with Crippen molar-refractivity contribution in [3.63, 3.8) is 0 Å². The number of likely N-dealkylation sites (tertiary alicyclic amines) is 1. The molecule has 3 aliphatic heterocycles. The van der Waals surface area contributed by atoms with Crippen LogP contribution in [0.15, 0.2) is 77.9 Å². The molecule has 4 aromatic heterocycles. The molecule has 71 heavy (non-hydrogen) atoms. The Hall–Kier alpha value is -8.09. The van der Waals surface area contributed by atoms with Crippen LogP contribution in [0.25, 0.3) is 55.4 Å². The molecular formula is C52H53N11O8. The highest BCUT2D eigenvalue weighted by Crippen LogP contribution is 2.44. The largest absolute Gasteiger partial charge is 0.453 e. The van der Waals surface area contributed by atoms with Gasteiger partial charge >= 0.3 is 11.8 Å². The topological polar surface area (TPSA) is 228 Å². The van der Waals surface area contributed by atoms with Crippen molar-refractivity contribution in [1.29, 1.82) is 0 Å². The molecule has 4 aliphatic rings. The van der Waals surface area contributed by atoms with Gasteiger partial charge in [0.15, 0.2) is 0 Å². The standard InChI is InChI=1S/C52H53N11O8/c1-27(2)63-38-14-9-31(21-32(38)24-54-63)42-43-45-40(59(3)52(70)62(45)36-12-10-35(23-36)56-51(69)71-4)25-53-46(43)58-44(42)28-5-7-30(8-6-28)49(67)60-19-17-29(18-20-60)47(65)55-34-11-13-37-33(22-34)26-61(50(37)68)39-15-16-41(64)57-48(39)66/h5-9,11,13-14,21-22,24-25,27,29,35-36,39H,10,12,15-20,23,26H2,1-4H3,(H,53,58)(H,55,65)(H,56,69)(H,57,64,66)/t35-,36-,39?/m1/s1. The van der Waals surface area contributed by atoms with Gasteiger partial charge < -0.3 is 30.2 Å². The van der Waals surface area contributed by atoms with E-state index in [0.717, 1.165) is 44.2 Å². The highest BCUT2D eigenvalue weighted by Gasteiger charge is 2.40. The number of carbonyl (C=O) groups excluding carboxylic acids is 6. The van der Waals surface area contributed by atoms with Gasteiger partial charge in [-0.3, -0.25) is 43.1 Å². The van der Waals surface area contributed by atoms with Crippen LogP contribution in [0.2, 0.25) is 0 Å². The molecular weight excluding hydrogens is 907 g/mol. The number of benzene rings is 3. The van der Waals surface area contributed by atoms with Gasteiger partial charge in [0.05, 0.1) is 47.1 Å². The normalized spacial score (nSPS) is 19.6. The summed E-state index contributed by atoms with van der Waals surface area (Å²) in [5.74, 6) is -1.75. The number of alkyl carbamates (subject to hydrolysis) is 1. The Labute approximate surface area is 406 Å². The van der Waals surface area contributed by atoms with Gasteiger partial charge in [-0.15, -0.1) is 0 Å². The number of carbonyl (C=O) groups is 6. The zero-order valence-electron chi connectivity index (χ0n) is 39.8. The van der Waals surface area contributed by atoms with Crippen LogP contribution in [-0.2, 0) is 32.7 Å². The highest BCUT2D eigenvalue weighted by atomic mass is 16.5. The second kappa shape index (κ2) is 17.7. The summed E-state index contributed by atoms with van der Waals surface area (Å²) in [6, 6.07) is 17.9. The van der Waals surface area contributed by atoms with Crippen molar-refractivity contribution in [1.82, 2.24) is 49.3 Å². The molecule has 1 aliphatic carbocycles. The molecule has 19 heteroatoms. The van der Waals surface area contributed by atoms with Crippen LogP contribution in [0.1, 0.15) is 97.2 Å². The van der Waals surface area contributed by atoms with E-state index in [1.54, 1.807) is 40.9 Å². The van der Waals surface area contributed by atoms with Crippen molar-refractivity contribution in [3.8, 4) is 22.4 Å². The second-order valence-corrected chi connectivity index (χ2v) is 19.5. The molecule has 2 saturated heterocycles. The Bertz CT molecular complexity index is 3430. The number of methoxy groups -OCH3 is 1. The van der Waals surface area contributed by atoms with E-state index in [4.69, 9.17) is 9.72 Å². The average Bonchev–Trinajstić information content (AvgIpc) is 4.21. The number of rotatable bonds is 9. The Kier molecular flexibility index (Phi) is 11.3. The smallest absolute Gasteiger partial charge is 0.407 e. The number of hydrogen-bond donors (Lipinski definition) is 4. The van der Waals surface area contributed by atoms with Crippen LogP contribution in [-0.4, -0.2) is 107 Å². The number of H-pyrrole nitrogens is 1. The quantitative estimate of drug-likeness (QED) is 0.120. The Morgan fingerprint density at radius 2 is 1.65 bits per heavy atom. The van der Waals surface area contributed by atoms with Crippen molar-refractivity contribution in [2.45, 2.75) is 89.5 Å². The lowest BCUT2D eigenvalue weighted by Gasteiger charge is -2.31. The molecule has 4 N–H and O–H groups in total. The zero-order chi connectivity index (χ0) is 49.4. The molecule has 3 fully saturated rings. The summed E-state index contributed by atoms with van der Waals surface area (Å²) in [5.41, 5.74) is 8.36. The van der Waals surface area contributed by atoms with Crippen molar-refractivity contribution in [2.75, 3.05) is 25.5 Å². The number of ether oxygens (including phenoxy) is 1. The molecule has 0 spiro atoms. The summed E-state index contributed by atoms with van der Waals surface area (Å²) in [6.07, 6.45) is 6.38. The number of hydrogen-bond acceptors (Lipinski definition) is 10.